The molecule has 1 aromatic heterocycles. The number of carbonyl (C=O) groups excluding carboxylic acids is 1. The predicted octanol–water partition coefficient (Wildman–Crippen LogP) is 5.33. The van der Waals surface area contributed by atoms with E-state index in [1.54, 1.807) is 0 Å². The third-order valence-electron chi connectivity index (χ3n) is 6.94. The van der Waals surface area contributed by atoms with E-state index in [1.165, 1.54) is 5.69 Å². The molecular formula is C28H26ClN5O. The van der Waals surface area contributed by atoms with Gasteiger partial charge in [0.05, 0.1) is 22.6 Å². The molecule has 2 aliphatic heterocycles. The molecule has 3 aromatic carbocycles. The molecule has 0 saturated carbocycles. The van der Waals surface area contributed by atoms with Crippen LogP contribution in [0.2, 0.25) is 5.02 Å². The Balaban J connectivity index is 1.37. The van der Waals surface area contributed by atoms with Gasteiger partial charge < -0.3 is 15.1 Å². The molecule has 176 valence electrons. The van der Waals surface area contributed by atoms with Crippen LogP contribution in [0.3, 0.4) is 0 Å². The van der Waals surface area contributed by atoms with E-state index in [1.807, 2.05) is 60.4 Å². The lowest BCUT2D eigenvalue weighted by atomic mass is 9.93. The van der Waals surface area contributed by atoms with Crippen LogP contribution < -0.4 is 10.2 Å². The quantitative estimate of drug-likeness (QED) is 0.428. The average molecular weight is 484 g/mol. The highest BCUT2D eigenvalue weighted by atomic mass is 35.5. The molecule has 4 aromatic rings. The lowest BCUT2D eigenvalue weighted by Crippen LogP contribution is -2.50. The Morgan fingerprint density at radius 1 is 0.914 bits per heavy atom. The number of piperazine rings is 1. The fraction of sp³-hybridized carbons (Fsp3) is 0.214. The van der Waals surface area contributed by atoms with Crippen LogP contribution in [0.15, 0.2) is 90.1 Å². The van der Waals surface area contributed by atoms with Gasteiger partial charge in [0.15, 0.2) is 0 Å². The number of nitrogens with zero attached hydrogens (tertiary/aromatic N) is 4. The minimum Gasteiger partial charge on any atom is -0.368 e. The summed E-state index contributed by atoms with van der Waals surface area (Å²) in [5.74, 6) is 0.806. The number of halogens is 1. The van der Waals surface area contributed by atoms with Gasteiger partial charge in [-0.2, -0.15) is 0 Å². The van der Waals surface area contributed by atoms with Gasteiger partial charge >= 0.3 is 0 Å². The number of nitrogens with one attached hydrogen (secondary N) is 1. The maximum Gasteiger partial charge on any atom is 0.254 e. The number of anilines is 2. The SMILES string of the molecule is CC1=C(C(=O)N2CCN(c3ccccc3)CC2)[C@H](c2ccc(Cl)cc2)n2c(nc3ccccc32)N1. The van der Waals surface area contributed by atoms with Gasteiger partial charge in [0.25, 0.3) is 5.91 Å². The van der Waals surface area contributed by atoms with E-state index in [2.05, 4.69) is 45.1 Å². The highest BCUT2D eigenvalue weighted by Crippen LogP contribution is 2.40. The number of carbonyl (C=O) groups is 1. The zero-order valence-corrected chi connectivity index (χ0v) is 20.2. The first-order valence-electron chi connectivity index (χ1n) is 11.9. The second-order valence-electron chi connectivity index (χ2n) is 9.03. The molecule has 1 saturated heterocycles. The minimum atomic E-state index is -0.296. The molecule has 6 rings (SSSR count). The summed E-state index contributed by atoms with van der Waals surface area (Å²) in [7, 11) is 0. The maximum atomic E-state index is 14.1. The third-order valence-corrected chi connectivity index (χ3v) is 7.19. The van der Waals surface area contributed by atoms with Crippen LogP contribution in [0, 0.1) is 0 Å². The average Bonchev–Trinajstić information content (AvgIpc) is 3.26. The third kappa shape index (κ3) is 3.84. The lowest BCUT2D eigenvalue weighted by Gasteiger charge is -2.39. The van der Waals surface area contributed by atoms with E-state index in [-0.39, 0.29) is 11.9 Å². The fourth-order valence-corrected chi connectivity index (χ4v) is 5.30. The van der Waals surface area contributed by atoms with Gasteiger partial charge in [-0.1, -0.05) is 54.1 Å². The van der Waals surface area contributed by atoms with Crippen LogP contribution in [0.1, 0.15) is 18.5 Å². The molecule has 2 aliphatic rings. The van der Waals surface area contributed by atoms with Gasteiger partial charge in [-0.3, -0.25) is 9.36 Å². The number of hydrogen-bond acceptors (Lipinski definition) is 4. The summed E-state index contributed by atoms with van der Waals surface area (Å²) in [5, 5.41) is 4.08. The van der Waals surface area contributed by atoms with Gasteiger partial charge in [0.1, 0.15) is 0 Å². The van der Waals surface area contributed by atoms with Crippen molar-refractivity contribution in [2.24, 2.45) is 0 Å². The van der Waals surface area contributed by atoms with Crippen LogP contribution in [-0.4, -0.2) is 46.5 Å². The van der Waals surface area contributed by atoms with E-state index >= 15 is 0 Å². The van der Waals surface area contributed by atoms with E-state index < -0.39 is 0 Å². The number of amides is 1. The summed E-state index contributed by atoms with van der Waals surface area (Å²) < 4.78 is 2.14. The van der Waals surface area contributed by atoms with Crippen molar-refractivity contribution in [3.05, 3.63) is 101 Å². The second kappa shape index (κ2) is 8.78. The first-order valence-corrected chi connectivity index (χ1v) is 12.3. The number of aromatic nitrogens is 2. The Bertz CT molecular complexity index is 1420. The van der Waals surface area contributed by atoms with Gasteiger partial charge in [-0.15, -0.1) is 0 Å². The zero-order valence-electron chi connectivity index (χ0n) is 19.5. The van der Waals surface area contributed by atoms with E-state index in [0.717, 1.165) is 46.9 Å². The summed E-state index contributed by atoms with van der Waals surface area (Å²) in [4.78, 5) is 23.2. The Morgan fingerprint density at radius 3 is 2.34 bits per heavy atom. The zero-order chi connectivity index (χ0) is 23.9. The number of allylic oxidation sites excluding steroid dienone is 1. The van der Waals surface area contributed by atoms with E-state index in [0.29, 0.717) is 18.1 Å². The Morgan fingerprint density at radius 2 is 1.60 bits per heavy atom. The van der Waals surface area contributed by atoms with E-state index in [9.17, 15) is 4.79 Å². The minimum absolute atomic E-state index is 0.0612. The van der Waals surface area contributed by atoms with Crippen LogP contribution in [-0.2, 0) is 4.79 Å². The molecule has 1 fully saturated rings. The van der Waals surface area contributed by atoms with Gasteiger partial charge in [-0.05, 0) is 48.9 Å². The fourth-order valence-electron chi connectivity index (χ4n) is 5.18. The Kier molecular flexibility index (Phi) is 5.46. The Labute approximate surface area is 209 Å². The number of imidazole rings is 1. The maximum absolute atomic E-state index is 14.1. The molecule has 0 radical (unpaired) electrons. The van der Waals surface area contributed by atoms with Crippen molar-refractivity contribution in [2.45, 2.75) is 13.0 Å². The van der Waals surface area contributed by atoms with Crippen molar-refractivity contribution in [1.82, 2.24) is 14.5 Å². The molecule has 7 heteroatoms. The van der Waals surface area contributed by atoms with Crippen LogP contribution >= 0.6 is 11.6 Å². The number of hydrogen-bond donors (Lipinski definition) is 1. The van der Waals surface area contributed by atoms with Crippen LogP contribution in [0.4, 0.5) is 11.6 Å². The van der Waals surface area contributed by atoms with Crippen molar-refractivity contribution >= 4 is 40.2 Å². The normalized spacial score (nSPS) is 17.9. The van der Waals surface area contributed by atoms with Crippen molar-refractivity contribution in [3.8, 4) is 0 Å². The molecule has 6 nitrogen and oxygen atoms in total. The van der Waals surface area contributed by atoms with Crippen LogP contribution in [0.25, 0.3) is 11.0 Å². The van der Waals surface area contributed by atoms with Gasteiger partial charge in [0, 0.05) is 42.6 Å². The molecule has 1 N–H and O–H groups in total. The summed E-state index contributed by atoms with van der Waals surface area (Å²) in [6, 6.07) is 25.9. The molecule has 0 bridgehead atoms. The number of benzene rings is 3. The lowest BCUT2D eigenvalue weighted by molar-refractivity contribution is -0.127. The number of fused-ring (bicyclic) bond motifs is 3. The molecule has 3 heterocycles. The van der Waals surface area contributed by atoms with Crippen molar-refractivity contribution in [2.75, 3.05) is 36.4 Å². The molecule has 1 amide bonds. The summed E-state index contributed by atoms with van der Waals surface area (Å²) in [6.45, 7) is 4.94. The number of para-hydroxylation sites is 3. The van der Waals surface area contributed by atoms with Crippen molar-refractivity contribution in [1.29, 1.82) is 0 Å². The first-order chi connectivity index (χ1) is 17.1. The highest BCUT2D eigenvalue weighted by molar-refractivity contribution is 6.30. The van der Waals surface area contributed by atoms with Crippen molar-refractivity contribution in [3.63, 3.8) is 0 Å². The molecule has 0 spiro atoms. The molecule has 0 unspecified atom stereocenters. The molecule has 35 heavy (non-hydrogen) atoms. The smallest absolute Gasteiger partial charge is 0.254 e. The monoisotopic (exact) mass is 483 g/mol. The highest BCUT2D eigenvalue weighted by Gasteiger charge is 2.36. The molecular weight excluding hydrogens is 458 g/mol. The second-order valence-corrected chi connectivity index (χ2v) is 9.46. The van der Waals surface area contributed by atoms with Crippen LogP contribution in [0.5, 0.6) is 0 Å². The summed E-state index contributed by atoms with van der Waals surface area (Å²) >= 11 is 6.21. The molecule has 0 aliphatic carbocycles. The summed E-state index contributed by atoms with van der Waals surface area (Å²) in [5.41, 5.74) is 5.67. The van der Waals surface area contributed by atoms with Gasteiger partial charge in [-0.25, -0.2) is 4.98 Å². The first kappa shape index (κ1) is 21.7. The standard InChI is InChI=1S/C28H26ClN5O/c1-19-25(27(35)33-17-15-32(16-18-33)22-7-3-2-4-8-22)26(20-11-13-21(29)14-12-20)34-24-10-6-5-9-23(24)31-28(34)30-19/h2-14,26H,15-18H2,1H3,(H,30,31)/t26-/m0/s1. The van der Waals surface area contributed by atoms with E-state index in [4.69, 9.17) is 16.6 Å². The van der Waals surface area contributed by atoms with Crippen molar-refractivity contribution < 1.29 is 4.79 Å². The largest absolute Gasteiger partial charge is 0.368 e. The molecule has 1 atom stereocenters. The summed E-state index contributed by atoms with van der Waals surface area (Å²) in [6.07, 6.45) is 0. The van der Waals surface area contributed by atoms with Gasteiger partial charge in [0.2, 0.25) is 5.95 Å². The topological polar surface area (TPSA) is 53.4 Å². The Hall–Kier alpha value is -3.77. The number of rotatable bonds is 3. The predicted molar refractivity (Wildman–Crippen MR) is 141 cm³/mol.